The molecule has 2 rings (SSSR count). The molecule has 0 radical (unpaired) electrons. The first-order valence-electron chi connectivity index (χ1n) is 6.41. The second-order valence-electron chi connectivity index (χ2n) is 4.50. The third-order valence-electron chi connectivity index (χ3n) is 2.85. The van der Waals surface area contributed by atoms with E-state index < -0.39 is 0 Å². The fourth-order valence-electron chi connectivity index (χ4n) is 1.95. The summed E-state index contributed by atoms with van der Waals surface area (Å²) in [5.41, 5.74) is 2.76. The van der Waals surface area contributed by atoms with E-state index in [0.717, 1.165) is 36.2 Å². The Balaban J connectivity index is 2.31. The van der Waals surface area contributed by atoms with Crippen LogP contribution < -0.4 is 5.32 Å². The molecule has 0 amide bonds. The van der Waals surface area contributed by atoms with Gasteiger partial charge in [0, 0.05) is 35.1 Å². The van der Waals surface area contributed by atoms with E-state index >= 15 is 0 Å². The maximum atomic E-state index is 6.24. The van der Waals surface area contributed by atoms with Gasteiger partial charge in [-0.25, -0.2) is 0 Å². The van der Waals surface area contributed by atoms with Gasteiger partial charge in [-0.2, -0.15) is 0 Å². The Labute approximate surface area is 134 Å². The highest BCUT2D eigenvalue weighted by molar-refractivity contribution is 6.41. The molecule has 2 aromatic rings. The number of aromatic nitrogens is 1. The molecular weight excluding hydrogens is 315 g/mol. The number of hydrogen-bond acceptors (Lipinski definition) is 2. The minimum atomic E-state index is 0.525. The molecule has 0 aliphatic carbocycles. The van der Waals surface area contributed by atoms with Crippen molar-refractivity contribution in [2.75, 3.05) is 6.54 Å². The van der Waals surface area contributed by atoms with Crippen LogP contribution in [0.5, 0.6) is 0 Å². The lowest BCUT2D eigenvalue weighted by Crippen LogP contribution is -2.13. The van der Waals surface area contributed by atoms with Gasteiger partial charge in [0.05, 0.1) is 10.0 Å². The Bertz CT molecular complexity index is 576. The molecule has 0 fully saturated rings. The van der Waals surface area contributed by atoms with Gasteiger partial charge >= 0.3 is 0 Å². The number of pyridine rings is 1. The van der Waals surface area contributed by atoms with Crippen molar-refractivity contribution in [1.29, 1.82) is 0 Å². The normalized spacial score (nSPS) is 10.8. The smallest absolute Gasteiger partial charge is 0.0514 e. The molecule has 0 aliphatic heterocycles. The number of hydrogen-bond donors (Lipinski definition) is 1. The van der Waals surface area contributed by atoms with E-state index in [0.29, 0.717) is 15.1 Å². The summed E-state index contributed by atoms with van der Waals surface area (Å²) in [5.74, 6) is 0. The zero-order valence-electron chi connectivity index (χ0n) is 11.1. The van der Waals surface area contributed by atoms with Crippen LogP contribution in [-0.2, 0) is 6.54 Å². The van der Waals surface area contributed by atoms with Crippen LogP contribution in [0.1, 0.15) is 18.9 Å². The summed E-state index contributed by atoms with van der Waals surface area (Å²) >= 11 is 18.4. The predicted molar refractivity (Wildman–Crippen MR) is 86.7 cm³/mol. The summed E-state index contributed by atoms with van der Waals surface area (Å²) in [5, 5.41) is 4.93. The maximum Gasteiger partial charge on any atom is 0.0514 e. The summed E-state index contributed by atoms with van der Waals surface area (Å²) in [6.07, 6.45) is 4.69. The van der Waals surface area contributed by atoms with E-state index in [1.54, 1.807) is 18.3 Å². The van der Waals surface area contributed by atoms with Crippen molar-refractivity contribution < 1.29 is 0 Å². The third-order valence-corrected chi connectivity index (χ3v) is 3.66. The second-order valence-corrected chi connectivity index (χ2v) is 5.75. The number of rotatable bonds is 5. The highest BCUT2D eigenvalue weighted by atomic mass is 35.5. The first-order chi connectivity index (χ1) is 9.61. The molecule has 0 saturated heterocycles. The number of halogens is 3. The molecule has 2 nitrogen and oxygen atoms in total. The molecule has 20 heavy (non-hydrogen) atoms. The number of nitrogens with zero attached hydrogens (tertiary/aromatic N) is 1. The van der Waals surface area contributed by atoms with Crippen molar-refractivity contribution in [1.82, 2.24) is 10.3 Å². The Morgan fingerprint density at radius 2 is 1.75 bits per heavy atom. The SMILES string of the molecule is CCCNCc1cncc(-c2c(Cl)cc(Cl)cc2Cl)c1. The number of benzene rings is 1. The van der Waals surface area contributed by atoms with E-state index in [-0.39, 0.29) is 0 Å². The zero-order valence-corrected chi connectivity index (χ0v) is 13.4. The van der Waals surface area contributed by atoms with Crippen molar-refractivity contribution in [3.05, 3.63) is 51.2 Å². The molecule has 0 saturated carbocycles. The second kappa shape index (κ2) is 7.28. The Morgan fingerprint density at radius 1 is 1.05 bits per heavy atom. The van der Waals surface area contributed by atoms with Crippen LogP contribution in [0, 0.1) is 0 Å². The molecule has 1 aromatic carbocycles. The molecule has 1 N–H and O–H groups in total. The van der Waals surface area contributed by atoms with Gasteiger partial charge in [0.25, 0.3) is 0 Å². The summed E-state index contributed by atoms with van der Waals surface area (Å²) in [7, 11) is 0. The average Bonchev–Trinajstić information content (AvgIpc) is 2.38. The van der Waals surface area contributed by atoms with Gasteiger partial charge in [-0.1, -0.05) is 41.7 Å². The summed E-state index contributed by atoms with van der Waals surface area (Å²) in [4.78, 5) is 4.25. The van der Waals surface area contributed by atoms with E-state index in [1.165, 1.54) is 0 Å². The van der Waals surface area contributed by atoms with E-state index in [1.807, 2.05) is 12.3 Å². The van der Waals surface area contributed by atoms with Crippen molar-refractivity contribution in [3.8, 4) is 11.1 Å². The van der Waals surface area contributed by atoms with Crippen LogP contribution in [0.25, 0.3) is 11.1 Å². The standard InChI is InChI=1S/C15H15Cl3N2/c1-2-3-19-7-10-4-11(9-20-8-10)15-13(17)5-12(16)6-14(15)18/h4-6,8-9,19H,2-3,7H2,1H3. The molecule has 0 aliphatic rings. The van der Waals surface area contributed by atoms with Crippen molar-refractivity contribution in [2.45, 2.75) is 19.9 Å². The van der Waals surface area contributed by atoms with Crippen molar-refractivity contribution in [3.63, 3.8) is 0 Å². The van der Waals surface area contributed by atoms with Gasteiger partial charge in [-0.15, -0.1) is 0 Å². The highest BCUT2D eigenvalue weighted by Gasteiger charge is 2.11. The minimum absolute atomic E-state index is 0.525. The Morgan fingerprint density at radius 3 is 2.40 bits per heavy atom. The summed E-state index contributed by atoms with van der Waals surface area (Å²) in [6.45, 7) is 3.89. The lowest BCUT2D eigenvalue weighted by molar-refractivity contribution is 0.674. The highest BCUT2D eigenvalue weighted by Crippen LogP contribution is 2.37. The first kappa shape index (κ1) is 15.6. The maximum absolute atomic E-state index is 6.24. The van der Waals surface area contributed by atoms with Gasteiger partial charge in [-0.3, -0.25) is 4.98 Å². The molecule has 0 spiro atoms. The van der Waals surface area contributed by atoms with Crippen LogP contribution >= 0.6 is 34.8 Å². The molecule has 0 atom stereocenters. The summed E-state index contributed by atoms with van der Waals surface area (Å²) in [6, 6.07) is 5.41. The van der Waals surface area contributed by atoms with Gasteiger partial charge in [0.1, 0.15) is 0 Å². The molecule has 1 heterocycles. The zero-order chi connectivity index (χ0) is 14.5. The molecule has 5 heteroatoms. The third kappa shape index (κ3) is 3.86. The lowest BCUT2D eigenvalue weighted by Gasteiger charge is -2.10. The van der Waals surface area contributed by atoms with Crippen molar-refractivity contribution in [2.24, 2.45) is 0 Å². The van der Waals surface area contributed by atoms with Gasteiger partial charge in [0.15, 0.2) is 0 Å². The van der Waals surface area contributed by atoms with E-state index in [4.69, 9.17) is 34.8 Å². The summed E-state index contributed by atoms with van der Waals surface area (Å²) < 4.78 is 0. The van der Waals surface area contributed by atoms with Gasteiger partial charge in [-0.05, 0) is 36.7 Å². The van der Waals surface area contributed by atoms with Crippen LogP contribution in [-0.4, -0.2) is 11.5 Å². The molecule has 0 bridgehead atoms. The van der Waals surface area contributed by atoms with E-state index in [2.05, 4.69) is 17.2 Å². The van der Waals surface area contributed by atoms with Gasteiger partial charge in [0.2, 0.25) is 0 Å². The molecule has 1 aromatic heterocycles. The molecule has 0 unspecified atom stereocenters. The number of nitrogens with one attached hydrogen (secondary N) is 1. The fraction of sp³-hybridized carbons (Fsp3) is 0.267. The Hall–Kier alpha value is -0.800. The monoisotopic (exact) mass is 328 g/mol. The minimum Gasteiger partial charge on any atom is -0.313 e. The van der Waals surface area contributed by atoms with Gasteiger partial charge < -0.3 is 5.32 Å². The van der Waals surface area contributed by atoms with E-state index in [9.17, 15) is 0 Å². The predicted octanol–water partition coefficient (Wildman–Crippen LogP) is 5.21. The topological polar surface area (TPSA) is 24.9 Å². The van der Waals surface area contributed by atoms with Crippen molar-refractivity contribution >= 4 is 34.8 Å². The molecular formula is C15H15Cl3N2. The largest absolute Gasteiger partial charge is 0.313 e. The average molecular weight is 330 g/mol. The Kier molecular flexibility index (Phi) is 5.67. The fourth-order valence-corrected chi connectivity index (χ4v) is 2.98. The molecule has 106 valence electrons. The lowest BCUT2D eigenvalue weighted by atomic mass is 10.1. The van der Waals surface area contributed by atoms with Crippen LogP contribution in [0.4, 0.5) is 0 Å². The van der Waals surface area contributed by atoms with Crippen LogP contribution in [0.3, 0.4) is 0 Å². The van der Waals surface area contributed by atoms with Crippen LogP contribution in [0.15, 0.2) is 30.6 Å². The van der Waals surface area contributed by atoms with Crippen LogP contribution in [0.2, 0.25) is 15.1 Å². The first-order valence-corrected chi connectivity index (χ1v) is 7.54. The quantitative estimate of drug-likeness (QED) is 0.762.